The molecule has 2 atom stereocenters. The van der Waals surface area contributed by atoms with Gasteiger partial charge in [-0.2, -0.15) is 0 Å². The highest BCUT2D eigenvalue weighted by Crippen LogP contribution is 2.27. The first-order chi connectivity index (χ1) is 8.56. The van der Waals surface area contributed by atoms with Crippen LogP contribution in [0.25, 0.3) is 0 Å². The first kappa shape index (κ1) is 12.8. The van der Waals surface area contributed by atoms with E-state index >= 15 is 0 Å². The van der Waals surface area contributed by atoms with Gasteiger partial charge in [0.15, 0.2) is 0 Å². The van der Waals surface area contributed by atoms with Crippen LogP contribution in [0.5, 0.6) is 5.75 Å². The lowest BCUT2D eigenvalue weighted by molar-refractivity contribution is -0.385. The standard InChI is InChI=1S/C13H18N2O3/c1-9-5-6-12(8-13(9)15(16)17)18-11-4-2-3-10(14)7-11/h5-6,8,10-11H,2-4,7,14H2,1H3. The van der Waals surface area contributed by atoms with Gasteiger partial charge in [0.25, 0.3) is 5.69 Å². The highest BCUT2D eigenvalue weighted by molar-refractivity contribution is 5.45. The molecule has 0 spiro atoms. The lowest BCUT2D eigenvalue weighted by Crippen LogP contribution is -2.33. The van der Waals surface area contributed by atoms with Gasteiger partial charge in [0, 0.05) is 11.6 Å². The number of aryl methyl sites for hydroxylation is 1. The molecular formula is C13H18N2O3. The fourth-order valence-electron chi connectivity index (χ4n) is 2.34. The average molecular weight is 250 g/mol. The van der Waals surface area contributed by atoms with Gasteiger partial charge in [-0.05, 0) is 44.7 Å². The molecular weight excluding hydrogens is 232 g/mol. The van der Waals surface area contributed by atoms with Gasteiger partial charge in [-0.3, -0.25) is 10.1 Å². The van der Waals surface area contributed by atoms with E-state index < -0.39 is 0 Å². The molecule has 1 aliphatic rings. The van der Waals surface area contributed by atoms with Crippen LogP contribution in [0.4, 0.5) is 5.69 Å². The highest BCUT2D eigenvalue weighted by atomic mass is 16.6. The number of hydrogen-bond acceptors (Lipinski definition) is 4. The quantitative estimate of drug-likeness (QED) is 0.660. The molecule has 1 aromatic rings. The Bertz CT molecular complexity index is 448. The Morgan fingerprint density at radius 3 is 2.89 bits per heavy atom. The molecule has 5 nitrogen and oxygen atoms in total. The first-order valence-corrected chi connectivity index (χ1v) is 6.23. The number of nitrogens with zero attached hydrogens (tertiary/aromatic N) is 1. The number of ether oxygens (including phenoxy) is 1. The monoisotopic (exact) mass is 250 g/mol. The van der Waals surface area contributed by atoms with Crippen LogP contribution in [0.3, 0.4) is 0 Å². The molecule has 1 fully saturated rings. The minimum atomic E-state index is -0.380. The van der Waals surface area contributed by atoms with E-state index in [4.69, 9.17) is 10.5 Å². The third-order valence-electron chi connectivity index (χ3n) is 3.35. The smallest absolute Gasteiger partial charge is 0.276 e. The van der Waals surface area contributed by atoms with Gasteiger partial charge < -0.3 is 10.5 Å². The molecule has 0 radical (unpaired) electrons. The molecule has 0 aliphatic heterocycles. The van der Waals surface area contributed by atoms with Gasteiger partial charge in [0.05, 0.1) is 11.0 Å². The lowest BCUT2D eigenvalue weighted by atomic mass is 9.93. The third kappa shape index (κ3) is 2.98. The molecule has 0 saturated heterocycles. The van der Waals surface area contributed by atoms with Crippen molar-refractivity contribution >= 4 is 5.69 Å². The Morgan fingerprint density at radius 2 is 2.22 bits per heavy atom. The Labute approximate surface area is 106 Å². The number of nitro benzene ring substituents is 1. The van der Waals surface area contributed by atoms with E-state index in [9.17, 15) is 10.1 Å². The van der Waals surface area contributed by atoms with E-state index in [0.717, 1.165) is 25.7 Å². The second-order valence-corrected chi connectivity index (χ2v) is 4.87. The van der Waals surface area contributed by atoms with Crippen molar-refractivity contribution in [3.63, 3.8) is 0 Å². The average Bonchev–Trinajstić information content (AvgIpc) is 2.31. The zero-order valence-corrected chi connectivity index (χ0v) is 10.5. The van der Waals surface area contributed by atoms with E-state index in [-0.39, 0.29) is 22.8 Å². The summed E-state index contributed by atoms with van der Waals surface area (Å²) >= 11 is 0. The van der Waals surface area contributed by atoms with Crippen LogP contribution < -0.4 is 10.5 Å². The van der Waals surface area contributed by atoms with Crippen LogP contribution in [0.15, 0.2) is 18.2 Å². The number of rotatable bonds is 3. The van der Waals surface area contributed by atoms with Crippen LogP contribution in [0, 0.1) is 17.0 Å². The molecule has 1 aromatic carbocycles. The van der Waals surface area contributed by atoms with E-state index in [1.54, 1.807) is 19.1 Å². The predicted molar refractivity (Wildman–Crippen MR) is 68.7 cm³/mol. The van der Waals surface area contributed by atoms with Crippen molar-refractivity contribution in [3.8, 4) is 5.75 Å². The fourth-order valence-corrected chi connectivity index (χ4v) is 2.34. The molecule has 2 unspecified atom stereocenters. The second-order valence-electron chi connectivity index (χ2n) is 4.87. The summed E-state index contributed by atoms with van der Waals surface area (Å²) in [6.07, 6.45) is 3.96. The molecule has 0 heterocycles. The lowest BCUT2D eigenvalue weighted by Gasteiger charge is -2.27. The van der Waals surface area contributed by atoms with E-state index in [1.165, 1.54) is 6.07 Å². The molecule has 1 saturated carbocycles. The summed E-state index contributed by atoms with van der Waals surface area (Å²) in [6, 6.07) is 5.18. The van der Waals surface area contributed by atoms with Gasteiger partial charge in [0.2, 0.25) is 0 Å². The molecule has 98 valence electrons. The molecule has 18 heavy (non-hydrogen) atoms. The van der Waals surface area contributed by atoms with Crippen LogP contribution >= 0.6 is 0 Å². The maximum atomic E-state index is 10.8. The molecule has 0 amide bonds. The molecule has 2 rings (SSSR count). The van der Waals surface area contributed by atoms with E-state index in [0.29, 0.717) is 11.3 Å². The Morgan fingerprint density at radius 1 is 1.44 bits per heavy atom. The van der Waals surface area contributed by atoms with Crippen molar-refractivity contribution in [2.75, 3.05) is 0 Å². The van der Waals surface area contributed by atoms with E-state index in [2.05, 4.69) is 0 Å². The summed E-state index contributed by atoms with van der Waals surface area (Å²) < 4.78 is 5.79. The third-order valence-corrected chi connectivity index (χ3v) is 3.35. The van der Waals surface area contributed by atoms with Crippen LogP contribution in [-0.2, 0) is 0 Å². The van der Waals surface area contributed by atoms with Gasteiger partial charge >= 0.3 is 0 Å². The zero-order valence-electron chi connectivity index (χ0n) is 10.5. The molecule has 1 aliphatic carbocycles. The maximum Gasteiger partial charge on any atom is 0.276 e. The first-order valence-electron chi connectivity index (χ1n) is 6.23. The van der Waals surface area contributed by atoms with Crippen molar-refractivity contribution in [1.82, 2.24) is 0 Å². The molecule has 2 N–H and O–H groups in total. The SMILES string of the molecule is Cc1ccc(OC2CCCC(N)C2)cc1[N+](=O)[O-]. The fraction of sp³-hybridized carbons (Fsp3) is 0.538. The summed E-state index contributed by atoms with van der Waals surface area (Å²) in [5.74, 6) is 0.561. The van der Waals surface area contributed by atoms with Gasteiger partial charge in [-0.25, -0.2) is 0 Å². The number of nitro groups is 1. The summed E-state index contributed by atoms with van der Waals surface area (Å²) in [6.45, 7) is 1.72. The maximum absolute atomic E-state index is 10.8. The number of nitrogens with two attached hydrogens (primary N) is 1. The second kappa shape index (κ2) is 5.35. The topological polar surface area (TPSA) is 78.4 Å². The van der Waals surface area contributed by atoms with Gasteiger partial charge in [-0.1, -0.05) is 0 Å². The van der Waals surface area contributed by atoms with Crippen LogP contribution in [-0.4, -0.2) is 17.1 Å². The van der Waals surface area contributed by atoms with E-state index in [1.807, 2.05) is 0 Å². The Hall–Kier alpha value is -1.62. The van der Waals surface area contributed by atoms with Crippen molar-refractivity contribution in [2.24, 2.45) is 5.73 Å². The molecule has 0 bridgehead atoms. The number of hydrogen-bond donors (Lipinski definition) is 1. The summed E-state index contributed by atoms with van der Waals surface area (Å²) in [5.41, 5.74) is 6.64. The normalized spacial score (nSPS) is 23.7. The predicted octanol–water partition coefficient (Wildman–Crippen LogP) is 2.55. The van der Waals surface area contributed by atoms with Crippen molar-refractivity contribution in [3.05, 3.63) is 33.9 Å². The summed E-state index contributed by atoms with van der Waals surface area (Å²) in [7, 11) is 0. The molecule has 5 heteroatoms. The van der Waals surface area contributed by atoms with Crippen molar-refractivity contribution in [2.45, 2.75) is 44.8 Å². The van der Waals surface area contributed by atoms with Crippen molar-refractivity contribution in [1.29, 1.82) is 0 Å². The summed E-state index contributed by atoms with van der Waals surface area (Å²) in [4.78, 5) is 10.5. The largest absolute Gasteiger partial charge is 0.490 e. The number of benzene rings is 1. The van der Waals surface area contributed by atoms with Gasteiger partial charge in [0.1, 0.15) is 11.9 Å². The minimum absolute atomic E-state index is 0.0797. The van der Waals surface area contributed by atoms with Crippen LogP contribution in [0.1, 0.15) is 31.2 Å². The molecule has 0 aromatic heterocycles. The van der Waals surface area contributed by atoms with Gasteiger partial charge in [-0.15, -0.1) is 0 Å². The van der Waals surface area contributed by atoms with Crippen LogP contribution in [0.2, 0.25) is 0 Å². The Kier molecular flexibility index (Phi) is 3.81. The van der Waals surface area contributed by atoms with Crippen molar-refractivity contribution < 1.29 is 9.66 Å². The highest BCUT2D eigenvalue weighted by Gasteiger charge is 2.21. The zero-order chi connectivity index (χ0) is 13.1. The summed E-state index contributed by atoms with van der Waals surface area (Å²) in [5, 5.41) is 10.8. The Balaban J connectivity index is 2.09. The minimum Gasteiger partial charge on any atom is -0.490 e.